The second-order valence-electron chi connectivity index (χ2n) is 3.95. The van der Waals surface area contributed by atoms with Crippen LogP contribution in [0, 0.1) is 0 Å². The molecular formula is C14H18N2O2. The van der Waals surface area contributed by atoms with Gasteiger partial charge in [-0.1, -0.05) is 6.92 Å². The molecule has 2 aromatic heterocycles. The number of anilines is 1. The van der Waals surface area contributed by atoms with E-state index in [1.54, 1.807) is 12.5 Å². The molecule has 4 nitrogen and oxygen atoms in total. The van der Waals surface area contributed by atoms with Crippen molar-refractivity contribution >= 4 is 5.82 Å². The van der Waals surface area contributed by atoms with Crippen molar-refractivity contribution in [2.75, 3.05) is 18.5 Å². The van der Waals surface area contributed by atoms with Gasteiger partial charge in [0.1, 0.15) is 5.76 Å². The minimum atomic E-state index is 0.707. The Labute approximate surface area is 107 Å². The van der Waals surface area contributed by atoms with Crippen LogP contribution in [0.5, 0.6) is 5.75 Å². The van der Waals surface area contributed by atoms with Crippen LogP contribution in [0.4, 0.5) is 5.82 Å². The van der Waals surface area contributed by atoms with Crippen molar-refractivity contribution in [3.05, 3.63) is 42.5 Å². The van der Waals surface area contributed by atoms with Gasteiger partial charge in [0.25, 0.3) is 0 Å². The number of hydrogen-bond acceptors (Lipinski definition) is 4. The Hall–Kier alpha value is -1.97. The minimum absolute atomic E-state index is 0.707. The molecule has 0 spiro atoms. The summed E-state index contributed by atoms with van der Waals surface area (Å²) in [4.78, 5) is 4.28. The summed E-state index contributed by atoms with van der Waals surface area (Å²) in [5.41, 5.74) is 0. The Kier molecular flexibility index (Phi) is 4.64. The lowest BCUT2D eigenvalue weighted by atomic mass is 10.3. The van der Waals surface area contributed by atoms with E-state index in [9.17, 15) is 0 Å². The van der Waals surface area contributed by atoms with Gasteiger partial charge in [-0.2, -0.15) is 0 Å². The molecular weight excluding hydrogens is 228 g/mol. The second kappa shape index (κ2) is 6.69. The summed E-state index contributed by atoms with van der Waals surface area (Å²) >= 11 is 0. The number of ether oxygens (including phenoxy) is 1. The van der Waals surface area contributed by atoms with Crippen LogP contribution in [0.15, 0.2) is 41.1 Å². The van der Waals surface area contributed by atoms with E-state index in [4.69, 9.17) is 9.15 Å². The molecule has 2 rings (SSSR count). The molecule has 2 heterocycles. The van der Waals surface area contributed by atoms with Gasteiger partial charge in [-0.05, 0) is 30.7 Å². The number of furan rings is 1. The van der Waals surface area contributed by atoms with Gasteiger partial charge in [-0.15, -0.1) is 0 Å². The Balaban J connectivity index is 1.87. The number of rotatable bonds is 7. The SMILES string of the molecule is CCCOc1cccnc1NCCc1ccco1. The van der Waals surface area contributed by atoms with Crippen molar-refractivity contribution in [3.8, 4) is 5.75 Å². The monoisotopic (exact) mass is 246 g/mol. The minimum Gasteiger partial charge on any atom is -0.490 e. The zero-order valence-corrected chi connectivity index (χ0v) is 10.6. The van der Waals surface area contributed by atoms with Crippen LogP contribution in [0.2, 0.25) is 0 Å². The average molecular weight is 246 g/mol. The number of pyridine rings is 1. The fourth-order valence-electron chi connectivity index (χ4n) is 1.61. The van der Waals surface area contributed by atoms with Gasteiger partial charge in [-0.3, -0.25) is 0 Å². The lowest BCUT2D eigenvalue weighted by Gasteiger charge is -2.10. The summed E-state index contributed by atoms with van der Waals surface area (Å²) in [5.74, 6) is 2.56. The van der Waals surface area contributed by atoms with Crippen LogP contribution in [0.3, 0.4) is 0 Å². The van der Waals surface area contributed by atoms with Crippen LogP contribution in [0.1, 0.15) is 19.1 Å². The summed E-state index contributed by atoms with van der Waals surface area (Å²) in [6, 6.07) is 7.67. The van der Waals surface area contributed by atoms with E-state index in [0.29, 0.717) is 6.61 Å². The molecule has 4 heteroatoms. The van der Waals surface area contributed by atoms with E-state index in [1.165, 1.54) is 0 Å². The van der Waals surface area contributed by atoms with Crippen molar-refractivity contribution in [3.63, 3.8) is 0 Å². The lowest BCUT2D eigenvalue weighted by Crippen LogP contribution is -2.08. The predicted octanol–water partition coefficient (Wildman–Crippen LogP) is 3.12. The first kappa shape index (κ1) is 12.5. The fraction of sp³-hybridized carbons (Fsp3) is 0.357. The molecule has 0 aliphatic rings. The van der Waals surface area contributed by atoms with Gasteiger partial charge >= 0.3 is 0 Å². The number of aromatic nitrogens is 1. The highest BCUT2D eigenvalue weighted by molar-refractivity contribution is 5.49. The van der Waals surface area contributed by atoms with Crippen molar-refractivity contribution in [2.24, 2.45) is 0 Å². The van der Waals surface area contributed by atoms with Crippen molar-refractivity contribution in [1.82, 2.24) is 4.98 Å². The summed E-state index contributed by atoms with van der Waals surface area (Å²) in [5, 5.41) is 3.26. The first-order chi connectivity index (χ1) is 8.90. The van der Waals surface area contributed by atoms with Gasteiger partial charge in [0.05, 0.1) is 12.9 Å². The van der Waals surface area contributed by atoms with Gasteiger partial charge < -0.3 is 14.5 Å². The molecule has 0 fully saturated rings. The third kappa shape index (κ3) is 3.52. The van der Waals surface area contributed by atoms with E-state index in [2.05, 4.69) is 17.2 Å². The highest BCUT2D eigenvalue weighted by Crippen LogP contribution is 2.20. The predicted molar refractivity (Wildman–Crippen MR) is 70.9 cm³/mol. The van der Waals surface area contributed by atoms with Crippen molar-refractivity contribution in [1.29, 1.82) is 0 Å². The molecule has 0 unspecified atom stereocenters. The van der Waals surface area contributed by atoms with Crippen molar-refractivity contribution < 1.29 is 9.15 Å². The first-order valence-electron chi connectivity index (χ1n) is 6.24. The summed E-state index contributed by atoms with van der Waals surface area (Å²) in [7, 11) is 0. The third-order valence-corrected chi connectivity index (χ3v) is 2.48. The van der Waals surface area contributed by atoms with Crippen molar-refractivity contribution in [2.45, 2.75) is 19.8 Å². The van der Waals surface area contributed by atoms with Crippen LogP contribution in [0.25, 0.3) is 0 Å². The first-order valence-corrected chi connectivity index (χ1v) is 6.24. The molecule has 0 aromatic carbocycles. The van der Waals surface area contributed by atoms with Crippen LogP contribution >= 0.6 is 0 Å². The normalized spacial score (nSPS) is 10.3. The Bertz CT molecular complexity index is 455. The highest BCUT2D eigenvalue weighted by atomic mass is 16.5. The molecule has 0 aliphatic carbocycles. The molecule has 1 N–H and O–H groups in total. The Morgan fingerprint density at radius 3 is 3.06 bits per heavy atom. The smallest absolute Gasteiger partial charge is 0.168 e. The quantitative estimate of drug-likeness (QED) is 0.815. The number of hydrogen-bond donors (Lipinski definition) is 1. The van der Waals surface area contributed by atoms with Gasteiger partial charge in [0.2, 0.25) is 0 Å². The van der Waals surface area contributed by atoms with E-state index in [-0.39, 0.29) is 0 Å². The molecule has 0 radical (unpaired) electrons. The van der Waals surface area contributed by atoms with Gasteiger partial charge in [-0.25, -0.2) is 4.98 Å². The molecule has 0 bridgehead atoms. The van der Waals surface area contributed by atoms with E-state index in [1.807, 2.05) is 24.3 Å². The summed E-state index contributed by atoms with van der Waals surface area (Å²) < 4.78 is 10.9. The molecule has 0 atom stereocenters. The zero-order chi connectivity index (χ0) is 12.6. The molecule has 0 amide bonds. The standard InChI is InChI=1S/C14H18N2O2/c1-2-10-18-13-6-3-8-15-14(13)16-9-7-12-5-4-11-17-12/h3-6,8,11H,2,7,9-10H2,1H3,(H,15,16). The fourth-order valence-corrected chi connectivity index (χ4v) is 1.61. The zero-order valence-electron chi connectivity index (χ0n) is 10.6. The van der Waals surface area contributed by atoms with E-state index in [0.717, 1.165) is 36.7 Å². The van der Waals surface area contributed by atoms with E-state index >= 15 is 0 Å². The lowest BCUT2D eigenvalue weighted by molar-refractivity contribution is 0.318. The number of nitrogens with one attached hydrogen (secondary N) is 1. The molecule has 96 valence electrons. The third-order valence-electron chi connectivity index (χ3n) is 2.48. The van der Waals surface area contributed by atoms with E-state index < -0.39 is 0 Å². The average Bonchev–Trinajstić information content (AvgIpc) is 2.91. The van der Waals surface area contributed by atoms with Gasteiger partial charge in [0.15, 0.2) is 11.6 Å². The second-order valence-corrected chi connectivity index (χ2v) is 3.95. The molecule has 18 heavy (non-hydrogen) atoms. The molecule has 0 saturated heterocycles. The Morgan fingerprint density at radius 2 is 2.28 bits per heavy atom. The summed E-state index contributed by atoms with van der Waals surface area (Å²) in [6.45, 7) is 3.56. The van der Waals surface area contributed by atoms with Crippen LogP contribution < -0.4 is 10.1 Å². The molecule has 0 aliphatic heterocycles. The van der Waals surface area contributed by atoms with Crippen LogP contribution in [-0.2, 0) is 6.42 Å². The molecule has 0 saturated carbocycles. The summed E-state index contributed by atoms with van der Waals surface area (Å²) in [6.07, 6.45) is 5.26. The van der Waals surface area contributed by atoms with Gasteiger partial charge in [0, 0.05) is 19.2 Å². The highest BCUT2D eigenvalue weighted by Gasteiger charge is 2.03. The van der Waals surface area contributed by atoms with Crippen LogP contribution in [-0.4, -0.2) is 18.1 Å². The maximum Gasteiger partial charge on any atom is 0.168 e. The maximum absolute atomic E-state index is 5.63. The number of nitrogens with zero attached hydrogens (tertiary/aromatic N) is 1. The largest absolute Gasteiger partial charge is 0.490 e. The Morgan fingerprint density at radius 1 is 1.33 bits per heavy atom. The maximum atomic E-state index is 5.63. The topological polar surface area (TPSA) is 47.3 Å². The molecule has 2 aromatic rings.